The average Bonchev–Trinajstić information content (AvgIpc) is 2.58. The number of hydrogen-bond acceptors (Lipinski definition) is 5. The molecule has 0 unspecified atom stereocenters. The van der Waals surface area contributed by atoms with Crippen LogP contribution in [0, 0.1) is 5.82 Å². The van der Waals surface area contributed by atoms with E-state index in [1.54, 1.807) is 24.3 Å². The number of nitrogens with one attached hydrogen (secondary N) is 2. The Morgan fingerprint density at radius 1 is 0.889 bits per heavy atom. The molecule has 27 heavy (non-hydrogen) atoms. The maximum Gasteiger partial charge on any atom is 0.239 e. The van der Waals surface area contributed by atoms with Crippen molar-refractivity contribution in [2.75, 3.05) is 28.7 Å². The fourth-order valence-electron chi connectivity index (χ4n) is 2.18. The van der Waals surface area contributed by atoms with Gasteiger partial charge in [0.05, 0.1) is 6.61 Å². The molecule has 9 heteroatoms. The zero-order valence-corrected chi connectivity index (χ0v) is 15.4. The van der Waals surface area contributed by atoms with E-state index >= 15 is 0 Å². The number of anilines is 2. The van der Waals surface area contributed by atoms with Crippen molar-refractivity contribution in [3.8, 4) is 5.75 Å². The molecule has 2 rings (SSSR count). The molecule has 0 aliphatic rings. The van der Waals surface area contributed by atoms with Crippen LogP contribution in [0.4, 0.5) is 15.8 Å². The molecule has 0 aliphatic heterocycles. The van der Waals surface area contributed by atoms with Gasteiger partial charge < -0.3 is 15.4 Å². The zero-order valence-electron chi connectivity index (χ0n) is 14.6. The van der Waals surface area contributed by atoms with Gasteiger partial charge in [0.1, 0.15) is 23.1 Å². The first-order chi connectivity index (χ1) is 12.8. The standard InChI is InChI=1S/C18H19FN2O5S/c1-2-26-16-9-7-15(8-10-16)21-18(23)12-27(24,25)11-17(22)20-14-5-3-13(19)4-6-14/h3-10H,2,11-12H2,1H3,(H,20,22)(H,21,23). The van der Waals surface area contributed by atoms with Crippen LogP contribution in [0.2, 0.25) is 0 Å². The van der Waals surface area contributed by atoms with Crippen molar-refractivity contribution < 1.29 is 27.1 Å². The van der Waals surface area contributed by atoms with Crippen LogP contribution in [0.25, 0.3) is 0 Å². The van der Waals surface area contributed by atoms with Gasteiger partial charge in [-0.25, -0.2) is 12.8 Å². The number of rotatable bonds is 8. The van der Waals surface area contributed by atoms with Gasteiger partial charge in [0.15, 0.2) is 9.84 Å². The summed E-state index contributed by atoms with van der Waals surface area (Å²) < 4.78 is 42.1. The highest BCUT2D eigenvalue weighted by Crippen LogP contribution is 2.15. The zero-order chi connectivity index (χ0) is 19.9. The van der Waals surface area contributed by atoms with Gasteiger partial charge in [-0.15, -0.1) is 0 Å². The van der Waals surface area contributed by atoms with Gasteiger partial charge in [-0.3, -0.25) is 9.59 Å². The smallest absolute Gasteiger partial charge is 0.239 e. The van der Waals surface area contributed by atoms with Crippen molar-refractivity contribution in [3.63, 3.8) is 0 Å². The lowest BCUT2D eigenvalue weighted by molar-refractivity contribution is -0.114. The van der Waals surface area contributed by atoms with Crippen molar-refractivity contribution >= 4 is 33.0 Å². The normalized spacial score (nSPS) is 10.9. The summed E-state index contributed by atoms with van der Waals surface area (Å²) in [6.07, 6.45) is 0. The summed E-state index contributed by atoms with van der Waals surface area (Å²) in [7, 11) is -3.97. The highest BCUT2D eigenvalue weighted by molar-refractivity contribution is 7.92. The summed E-state index contributed by atoms with van der Waals surface area (Å²) in [4.78, 5) is 23.7. The first-order valence-corrected chi connectivity index (χ1v) is 9.88. The van der Waals surface area contributed by atoms with E-state index < -0.39 is 39.0 Å². The monoisotopic (exact) mass is 394 g/mol. The molecule has 0 saturated carbocycles. The highest BCUT2D eigenvalue weighted by atomic mass is 32.2. The lowest BCUT2D eigenvalue weighted by atomic mass is 10.3. The summed E-state index contributed by atoms with van der Waals surface area (Å²) >= 11 is 0. The van der Waals surface area contributed by atoms with Gasteiger partial charge in [-0.05, 0) is 55.5 Å². The van der Waals surface area contributed by atoms with E-state index in [2.05, 4.69) is 10.6 Å². The summed E-state index contributed by atoms with van der Waals surface area (Å²) in [6.45, 7) is 2.34. The van der Waals surface area contributed by atoms with Crippen molar-refractivity contribution in [1.82, 2.24) is 0 Å². The third kappa shape index (κ3) is 7.06. The molecule has 0 bridgehead atoms. The second kappa shape index (κ2) is 9.13. The number of carbonyl (C=O) groups excluding carboxylic acids is 2. The summed E-state index contributed by atoms with van der Waals surface area (Å²) in [5.41, 5.74) is 0.671. The molecule has 0 aliphatic carbocycles. The van der Waals surface area contributed by atoms with Crippen LogP contribution in [0.1, 0.15) is 6.92 Å². The molecule has 2 N–H and O–H groups in total. The number of benzene rings is 2. The van der Waals surface area contributed by atoms with Crippen LogP contribution in [-0.2, 0) is 19.4 Å². The first-order valence-electron chi connectivity index (χ1n) is 8.06. The van der Waals surface area contributed by atoms with E-state index in [9.17, 15) is 22.4 Å². The molecule has 2 aromatic rings. The fraction of sp³-hybridized carbons (Fsp3) is 0.222. The molecule has 0 fully saturated rings. The minimum Gasteiger partial charge on any atom is -0.494 e. The van der Waals surface area contributed by atoms with Crippen LogP contribution < -0.4 is 15.4 Å². The SMILES string of the molecule is CCOc1ccc(NC(=O)CS(=O)(=O)CC(=O)Nc2ccc(F)cc2)cc1. The Morgan fingerprint density at radius 2 is 1.33 bits per heavy atom. The van der Waals surface area contributed by atoms with Gasteiger partial charge in [-0.1, -0.05) is 0 Å². The van der Waals surface area contributed by atoms with Gasteiger partial charge in [0.2, 0.25) is 11.8 Å². The third-order valence-electron chi connectivity index (χ3n) is 3.28. The van der Waals surface area contributed by atoms with Crippen LogP contribution >= 0.6 is 0 Å². The fourth-order valence-corrected chi connectivity index (χ4v) is 3.22. The van der Waals surface area contributed by atoms with Gasteiger partial charge in [0.25, 0.3) is 0 Å². The van der Waals surface area contributed by atoms with E-state index in [0.717, 1.165) is 12.1 Å². The highest BCUT2D eigenvalue weighted by Gasteiger charge is 2.21. The molecule has 2 amide bonds. The lowest BCUT2D eigenvalue weighted by Gasteiger charge is -2.08. The Bertz CT molecular complexity index is 896. The predicted molar refractivity (Wildman–Crippen MR) is 99.9 cm³/mol. The Morgan fingerprint density at radius 3 is 1.78 bits per heavy atom. The molecular weight excluding hydrogens is 375 g/mol. The maximum atomic E-state index is 12.8. The number of carbonyl (C=O) groups is 2. The molecule has 144 valence electrons. The lowest BCUT2D eigenvalue weighted by Crippen LogP contribution is -2.30. The van der Waals surface area contributed by atoms with Crippen molar-refractivity contribution in [1.29, 1.82) is 0 Å². The minimum atomic E-state index is -3.97. The number of sulfone groups is 1. The van der Waals surface area contributed by atoms with Gasteiger partial charge >= 0.3 is 0 Å². The molecule has 2 aromatic carbocycles. The summed E-state index contributed by atoms with van der Waals surface area (Å²) in [6, 6.07) is 11.3. The van der Waals surface area contributed by atoms with Crippen LogP contribution in [0.5, 0.6) is 5.75 Å². The summed E-state index contributed by atoms with van der Waals surface area (Å²) in [5.74, 6) is -3.12. The van der Waals surface area contributed by atoms with Crippen LogP contribution in [0.3, 0.4) is 0 Å². The number of ether oxygens (including phenoxy) is 1. The first kappa shape index (κ1) is 20.4. The third-order valence-corrected chi connectivity index (χ3v) is 4.68. The number of halogens is 1. The van der Waals surface area contributed by atoms with E-state index in [1.807, 2.05) is 6.92 Å². The maximum absolute atomic E-state index is 12.8. The molecule has 0 heterocycles. The number of amides is 2. The largest absolute Gasteiger partial charge is 0.494 e. The Hall–Kier alpha value is -2.94. The van der Waals surface area contributed by atoms with E-state index in [1.165, 1.54) is 12.1 Å². The van der Waals surface area contributed by atoms with Gasteiger partial charge in [-0.2, -0.15) is 0 Å². The second-order valence-electron chi connectivity index (χ2n) is 5.59. The van der Waals surface area contributed by atoms with Crippen molar-refractivity contribution in [3.05, 3.63) is 54.3 Å². The minimum absolute atomic E-state index is 0.260. The van der Waals surface area contributed by atoms with Crippen LogP contribution in [0.15, 0.2) is 48.5 Å². The Labute approximate surface area is 156 Å². The Kier molecular flexibility index (Phi) is 6.89. The molecule has 0 atom stereocenters. The average molecular weight is 394 g/mol. The van der Waals surface area contributed by atoms with E-state index in [-0.39, 0.29) is 5.69 Å². The Balaban J connectivity index is 1.87. The van der Waals surface area contributed by atoms with Crippen LogP contribution in [-0.4, -0.2) is 38.3 Å². The molecule has 7 nitrogen and oxygen atoms in total. The molecular formula is C18H19FN2O5S. The van der Waals surface area contributed by atoms with Crippen molar-refractivity contribution in [2.45, 2.75) is 6.92 Å². The topological polar surface area (TPSA) is 102 Å². The molecule has 0 spiro atoms. The van der Waals surface area contributed by atoms with Crippen molar-refractivity contribution in [2.24, 2.45) is 0 Å². The van der Waals surface area contributed by atoms with E-state index in [4.69, 9.17) is 4.74 Å². The molecule has 0 saturated heterocycles. The quantitative estimate of drug-likeness (QED) is 0.715. The number of hydrogen-bond donors (Lipinski definition) is 2. The van der Waals surface area contributed by atoms with E-state index in [0.29, 0.717) is 18.0 Å². The van der Waals surface area contributed by atoms with Gasteiger partial charge in [0, 0.05) is 11.4 Å². The molecule has 0 radical (unpaired) electrons. The second-order valence-corrected chi connectivity index (χ2v) is 7.66. The predicted octanol–water partition coefficient (Wildman–Crippen LogP) is 2.22. The molecule has 0 aromatic heterocycles. The summed E-state index contributed by atoms with van der Waals surface area (Å²) in [5, 5.41) is 4.79.